The van der Waals surface area contributed by atoms with Gasteiger partial charge in [-0.25, -0.2) is 0 Å². The van der Waals surface area contributed by atoms with E-state index in [-0.39, 0.29) is 19.0 Å². The lowest BCUT2D eigenvalue weighted by atomic mass is 10.2. The van der Waals surface area contributed by atoms with E-state index in [4.69, 9.17) is 19.3 Å². The first-order valence-electron chi connectivity index (χ1n) is 2.91. The van der Waals surface area contributed by atoms with E-state index >= 15 is 0 Å². The van der Waals surface area contributed by atoms with Crippen LogP contribution in [0.5, 0.6) is 0 Å². The molecule has 0 aromatic rings. The first-order valence-corrected chi connectivity index (χ1v) is 2.91. The molecule has 2 heterocycles. The summed E-state index contributed by atoms with van der Waals surface area (Å²) in [6.07, 6.45) is -1.07. The molecule has 3 unspecified atom stereocenters. The fourth-order valence-electron chi connectivity index (χ4n) is 1.10. The lowest BCUT2D eigenvalue weighted by Gasteiger charge is -2.06. The fraction of sp³-hybridized carbons (Fsp3) is 1.00. The summed E-state index contributed by atoms with van der Waals surface area (Å²) in [6.45, 7) is 0.738. The van der Waals surface area contributed by atoms with Gasteiger partial charge >= 0.3 is 0 Å². The molecule has 0 aromatic carbocycles. The molecule has 0 aromatic heterocycles. The van der Waals surface area contributed by atoms with Crippen LogP contribution >= 0.6 is 0 Å². The lowest BCUT2D eigenvalue weighted by molar-refractivity contribution is -0.133. The van der Waals surface area contributed by atoms with Gasteiger partial charge in [0.05, 0.1) is 6.61 Å². The minimum Gasteiger partial charge on any atom is -0.366 e. The van der Waals surface area contributed by atoms with E-state index in [0.29, 0.717) is 6.61 Å². The zero-order chi connectivity index (χ0) is 6.27. The van der Waals surface area contributed by atoms with Gasteiger partial charge in [-0.1, -0.05) is 0 Å². The van der Waals surface area contributed by atoms with Gasteiger partial charge in [0.2, 0.25) is 0 Å². The second kappa shape index (κ2) is 1.91. The molecule has 0 radical (unpaired) electrons. The third-order valence-corrected chi connectivity index (χ3v) is 1.62. The number of hydrogen-bond donors (Lipinski definition) is 1. The van der Waals surface area contributed by atoms with Crippen molar-refractivity contribution in [3.8, 4) is 0 Å². The maximum atomic E-state index is 8.97. The summed E-state index contributed by atoms with van der Waals surface area (Å²) in [4.78, 5) is 0. The fourth-order valence-corrected chi connectivity index (χ4v) is 1.10. The van der Waals surface area contributed by atoms with Gasteiger partial charge in [-0.2, -0.15) is 0 Å². The van der Waals surface area contributed by atoms with Crippen molar-refractivity contribution >= 4 is 0 Å². The molecule has 9 heavy (non-hydrogen) atoms. The standard InChI is InChI=1S/C5H8O4/c6-5-4-3(1-7-5)8-2-9-4/h3-6H,1-2H2. The van der Waals surface area contributed by atoms with E-state index in [9.17, 15) is 0 Å². The molecule has 0 spiro atoms. The van der Waals surface area contributed by atoms with Crippen molar-refractivity contribution in [1.29, 1.82) is 0 Å². The van der Waals surface area contributed by atoms with Gasteiger partial charge in [-0.05, 0) is 0 Å². The van der Waals surface area contributed by atoms with Gasteiger partial charge in [-0.3, -0.25) is 0 Å². The van der Waals surface area contributed by atoms with Crippen LogP contribution in [0.15, 0.2) is 0 Å². The van der Waals surface area contributed by atoms with Crippen LogP contribution in [0.1, 0.15) is 0 Å². The summed E-state index contributed by atoms with van der Waals surface area (Å²) in [5, 5.41) is 8.97. The largest absolute Gasteiger partial charge is 0.366 e. The molecule has 4 nitrogen and oxygen atoms in total. The molecule has 1 N–H and O–H groups in total. The highest BCUT2D eigenvalue weighted by Gasteiger charge is 2.41. The molecule has 52 valence electrons. The Morgan fingerprint density at radius 1 is 1.22 bits per heavy atom. The number of aliphatic hydroxyl groups is 1. The summed E-state index contributed by atoms with van der Waals surface area (Å²) < 4.78 is 14.9. The molecule has 2 fully saturated rings. The highest BCUT2D eigenvalue weighted by atomic mass is 16.8. The molecule has 0 amide bonds. The first-order chi connectivity index (χ1) is 4.38. The van der Waals surface area contributed by atoms with Crippen LogP contribution in [-0.2, 0) is 14.2 Å². The number of ether oxygens (including phenoxy) is 3. The van der Waals surface area contributed by atoms with E-state index in [1.165, 1.54) is 0 Å². The van der Waals surface area contributed by atoms with Gasteiger partial charge in [0, 0.05) is 0 Å². The summed E-state index contributed by atoms with van der Waals surface area (Å²) in [5.74, 6) is 0. The molecule has 4 heteroatoms. The van der Waals surface area contributed by atoms with Crippen molar-refractivity contribution in [2.45, 2.75) is 18.5 Å². The van der Waals surface area contributed by atoms with E-state index in [1.54, 1.807) is 0 Å². The molecular formula is C5H8O4. The van der Waals surface area contributed by atoms with Crippen molar-refractivity contribution in [3.63, 3.8) is 0 Å². The molecule has 3 atom stereocenters. The van der Waals surface area contributed by atoms with Crippen LogP contribution < -0.4 is 0 Å². The number of rotatable bonds is 0. The Balaban J connectivity index is 2.07. The van der Waals surface area contributed by atoms with E-state index < -0.39 is 6.29 Å². The van der Waals surface area contributed by atoms with Crippen LogP contribution in [0.3, 0.4) is 0 Å². The molecule has 2 saturated heterocycles. The van der Waals surface area contributed by atoms with Crippen LogP contribution in [0.25, 0.3) is 0 Å². The predicted molar refractivity (Wildman–Crippen MR) is 26.6 cm³/mol. The van der Waals surface area contributed by atoms with Crippen LogP contribution in [0, 0.1) is 0 Å². The second-order valence-corrected chi connectivity index (χ2v) is 2.18. The smallest absolute Gasteiger partial charge is 0.184 e. The van der Waals surface area contributed by atoms with E-state index in [1.807, 2.05) is 0 Å². The Labute approximate surface area is 52.3 Å². The summed E-state index contributed by atoms with van der Waals surface area (Å²) in [7, 11) is 0. The van der Waals surface area contributed by atoms with E-state index in [2.05, 4.69) is 0 Å². The van der Waals surface area contributed by atoms with Crippen LogP contribution in [0.2, 0.25) is 0 Å². The Kier molecular flexibility index (Phi) is 1.19. The third kappa shape index (κ3) is 0.753. The molecule has 2 rings (SSSR count). The molecular weight excluding hydrogens is 124 g/mol. The SMILES string of the molecule is OC1OCC2OCOC12. The zero-order valence-electron chi connectivity index (χ0n) is 4.82. The van der Waals surface area contributed by atoms with Crippen molar-refractivity contribution in [2.75, 3.05) is 13.4 Å². The number of hydrogen-bond acceptors (Lipinski definition) is 4. The maximum Gasteiger partial charge on any atom is 0.184 e. The first kappa shape index (κ1) is 5.61. The average molecular weight is 132 g/mol. The quantitative estimate of drug-likeness (QED) is 0.463. The summed E-state index contributed by atoms with van der Waals surface area (Å²) in [6, 6.07) is 0. The van der Waals surface area contributed by atoms with Gasteiger partial charge in [0.15, 0.2) is 6.29 Å². The number of fused-ring (bicyclic) bond motifs is 1. The molecule has 0 aliphatic carbocycles. The Bertz CT molecular complexity index is 116. The van der Waals surface area contributed by atoms with Crippen molar-refractivity contribution < 1.29 is 19.3 Å². The topological polar surface area (TPSA) is 47.9 Å². The van der Waals surface area contributed by atoms with Gasteiger partial charge in [0.1, 0.15) is 19.0 Å². The maximum absolute atomic E-state index is 8.97. The Hall–Kier alpha value is -0.160. The molecule has 2 aliphatic rings. The van der Waals surface area contributed by atoms with Crippen LogP contribution in [-0.4, -0.2) is 37.0 Å². The highest BCUT2D eigenvalue weighted by Crippen LogP contribution is 2.23. The lowest BCUT2D eigenvalue weighted by Crippen LogP contribution is -2.26. The Morgan fingerprint density at radius 2 is 2.11 bits per heavy atom. The average Bonchev–Trinajstić information content (AvgIpc) is 2.35. The summed E-state index contributed by atoms with van der Waals surface area (Å²) in [5.41, 5.74) is 0. The second-order valence-electron chi connectivity index (χ2n) is 2.18. The van der Waals surface area contributed by atoms with Gasteiger partial charge in [0.25, 0.3) is 0 Å². The van der Waals surface area contributed by atoms with Crippen LogP contribution in [0.4, 0.5) is 0 Å². The minimum absolute atomic E-state index is 0.0417. The van der Waals surface area contributed by atoms with Crippen molar-refractivity contribution in [1.82, 2.24) is 0 Å². The minimum atomic E-state index is -0.780. The van der Waals surface area contributed by atoms with Gasteiger partial charge in [-0.15, -0.1) is 0 Å². The van der Waals surface area contributed by atoms with Crippen molar-refractivity contribution in [2.24, 2.45) is 0 Å². The highest BCUT2D eigenvalue weighted by molar-refractivity contribution is 4.81. The summed E-state index contributed by atoms with van der Waals surface area (Å²) >= 11 is 0. The Morgan fingerprint density at radius 3 is 2.89 bits per heavy atom. The molecule has 2 aliphatic heterocycles. The van der Waals surface area contributed by atoms with Gasteiger partial charge < -0.3 is 19.3 Å². The molecule has 0 saturated carbocycles. The van der Waals surface area contributed by atoms with E-state index in [0.717, 1.165) is 0 Å². The number of aliphatic hydroxyl groups excluding tert-OH is 1. The van der Waals surface area contributed by atoms with Crippen molar-refractivity contribution in [3.05, 3.63) is 0 Å². The molecule has 0 bridgehead atoms. The monoisotopic (exact) mass is 132 g/mol. The third-order valence-electron chi connectivity index (χ3n) is 1.62. The predicted octanol–water partition coefficient (Wildman–Crippen LogP) is -0.924. The zero-order valence-corrected chi connectivity index (χ0v) is 4.82. The normalized spacial score (nSPS) is 49.7.